The standard InChI is InChI=1S/C24H31F2N5O2/c25-24(26)14-17(24)21(33)30-12-10-23(11-13-30)8-6-15(7-9-23)18-2-1-3-19-27-22(29-31(18)19)28-20(32)16-4-5-16/h2,15-17H,1,3-14H2,(H,28,29,32). The first-order valence-corrected chi connectivity index (χ1v) is 12.5. The van der Waals surface area contributed by atoms with E-state index in [0.717, 1.165) is 70.0 Å². The second kappa shape index (κ2) is 7.60. The van der Waals surface area contributed by atoms with Gasteiger partial charge in [0.15, 0.2) is 0 Å². The zero-order valence-electron chi connectivity index (χ0n) is 18.9. The average Bonchev–Trinajstić information content (AvgIpc) is 3.71. The number of hydrogen-bond donors (Lipinski definition) is 1. The number of anilines is 1. The predicted molar refractivity (Wildman–Crippen MR) is 117 cm³/mol. The summed E-state index contributed by atoms with van der Waals surface area (Å²) in [6.45, 7) is 1.21. The molecule has 9 heteroatoms. The SMILES string of the molecule is O=C(Nc1nc2n(n1)C(C1CCC3(CC1)CCN(C(=O)C1CC1(F)F)CC3)=CCC2)C1CC1. The van der Waals surface area contributed by atoms with Crippen LogP contribution in [0.1, 0.15) is 70.0 Å². The van der Waals surface area contributed by atoms with Crippen LogP contribution in [0.4, 0.5) is 14.7 Å². The van der Waals surface area contributed by atoms with Gasteiger partial charge in [-0.15, -0.1) is 5.10 Å². The average molecular weight is 460 g/mol. The van der Waals surface area contributed by atoms with Gasteiger partial charge in [0.05, 0.1) is 0 Å². The van der Waals surface area contributed by atoms with Crippen molar-refractivity contribution in [3.63, 3.8) is 0 Å². The molecule has 33 heavy (non-hydrogen) atoms. The van der Waals surface area contributed by atoms with Crippen LogP contribution in [0.5, 0.6) is 0 Å². The Kier molecular flexibility index (Phi) is 4.89. The summed E-state index contributed by atoms with van der Waals surface area (Å²) < 4.78 is 28.5. The molecule has 1 unspecified atom stereocenters. The lowest BCUT2D eigenvalue weighted by Crippen LogP contribution is -2.45. The van der Waals surface area contributed by atoms with Crippen LogP contribution < -0.4 is 5.32 Å². The summed E-state index contributed by atoms with van der Waals surface area (Å²) in [6.07, 6.45) is 11.8. The molecule has 1 aromatic heterocycles. The van der Waals surface area contributed by atoms with E-state index in [4.69, 9.17) is 0 Å². The maximum absolute atomic E-state index is 13.3. The Labute approximate surface area is 192 Å². The van der Waals surface area contributed by atoms with Gasteiger partial charge in [-0.05, 0) is 63.2 Å². The summed E-state index contributed by atoms with van der Waals surface area (Å²) in [5.74, 6) is -2.30. The smallest absolute Gasteiger partial charge is 0.260 e. The van der Waals surface area contributed by atoms with Gasteiger partial charge in [0.1, 0.15) is 11.7 Å². The number of nitrogens with zero attached hydrogens (tertiary/aromatic N) is 4. The van der Waals surface area contributed by atoms with Gasteiger partial charge in [-0.3, -0.25) is 14.9 Å². The minimum absolute atomic E-state index is 0.0262. The van der Waals surface area contributed by atoms with Crippen LogP contribution in [-0.2, 0) is 16.0 Å². The maximum Gasteiger partial charge on any atom is 0.260 e. The first-order valence-electron chi connectivity index (χ1n) is 12.5. The Morgan fingerprint density at radius 2 is 1.76 bits per heavy atom. The number of piperidine rings is 1. The van der Waals surface area contributed by atoms with Crippen LogP contribution in [0.15, 0.2) is 6.08 Å². The molecule has 1 aromatic rings. The Morgan fingerprint density at radius 1 is 1.06 bits per heavy atom. The van der Waals surface area contributed by atoms with Gasteiger partial charge in [-0.2, -0.15) is 4.98 Å². The lowest BCUT2D eigenvalue weighted by Gasteiger charge is -2.46. The number of fused-ring (bicyclic) bond motifs is 1. The zero-order valence-corrected chi connectivity index (χ0v) is 18.9. The van der Waals surface area contributed by atoms with E-state index in [1.165, 1.54) is 5.70 Å². The van der Waals surface area contributed by atoms with Gasteiger partial charge in [-0.25, -0.2) is 13.5 Å². The molecule has 1 atom stereocenters. The second-order valence-electron chi connectivity index (χ2n) is 10.8. The Balaban J connectivity index is 1.06. The molecule has 0 radical (unpaired) electrons. The van der Waals surface area contributed by atoms with Crippen molar-refractivity contribution >= 4 is 23.5 Å². The molecule has 1 N–H and O–H groups in total. The number of aryl methyl sites for hydroxylation is 1. The minimum Gasteiger partial charge on any atom is -0.342 e. The van der Waals surface area contributed by atoms with Crippen molar-refractivity contribution in [1.82, 2.24) is 19.7 Å². The fourth-order valence-electron chi connectivity index (χ4n) is 6.03. The fraction of sp³-hybridized carbons (Fsp3) is 0.750. The minimum atomic E-state index is -2.78. The van der Waals surface area contributed by atoms with Crippen LogP contribution in [-0.4, -0.2) is 50.5 Å². The highest BCUT2D eigenvalue weighted by Crippen LogP contribution is 2.52. The van der Waals surface area contributed by atoms with E-state index in [9.17, 15) is 18.4 Å². The molecule has 5 aliphatic rings. The molecule has 6 rings (SSSR count). The third-order valence-corrected chi connectivity index (χ3v) is 8.55. The van der Waals surface area contributed by atoms with Crippen molar-refractivity contribution in [2.75, 3.05) is 18.4 Å². The summed E-state index contributed by atoms with van der Waals surface area (Å²) >= 11 is 0. The molecule has 3 heterocycles. The number of aromatic nitrogens is 3. The first-order chi connectivity index (χ1) is 15.8. The molecular weight excluding hydrogens is 428 g/mol. The topological polar surface area (TPSA) is 80.1 Å². The Hall–Kier alpha value is -2.32. The lowest BCUT2D eigenvalue weighted by molar-refractivity contribution is -0.137. The van der Waals surface area contributed by atoms with Crippen LogP contribution in [0, 0.1) is 23.2 Å². The summed E-state index contributed by atoms with van der Waals surface area (Å²) in [4.78, 5) is 30.7. The number of alkyl halides is 2. The quantitative estimate of drug-likeness (QED) is 0.741. The van der Waals surface area contributed by atoms with Gasteiger partial charge in [0, 0.05) is 43.5 Å². The monoisotopic (exact) mass is 459 g/mol. The first kappa shape index (κ1) is 21.2. The van der Waals surface area contributed by atoms with E-state index >= 15 is 0 Å². The fourth-order valence-corrected chi connectivity index (χ4v) is 6.03. The summed E-state index contributed by atoms with van der Waals surface area (Å²) in [6, 6.07) is 0. The highest BCUT2D eigenvalue weighted by atomic mass is 19.3. The molecule has 7 nitrogen and oxygen atoms in total. The van der Waals surface area contributed by atoms with Crippen LogP contribution >= 0.6 is 0 Å². The number of carbonyl (C=O) groups excluding carboxylic acids is 2. The van der Waals surface area contributed by atoms with Crippen molar-refractivity contribution in [2.45, 2.75) is 76.6 Å². The van der Waals surface area contributed by atoms with E-state index in [1.807, 2.05) is 4.68 Å². The number of allylic oxidation sites excluding steroid dienone is 2. The third-order valence-electron chi connectivity index (χ3n) is 8.55. The molecule has 3 aliphatic carbocycles. The molecule has 4 fully saturated rings. The van der Waals surface area contributed by atoms with E-state index in [2.05, 4.69) is 21.5 Å². The van der Waals surface area contributed by atoms with E-state index in [0.29, 0.717) is 25.0 Å². The molecule has 2 aliphatic heterocycles. The van der Waals surface area contributed by atoms with Crippen molar-refractivity contribution in [1.29, 1.82) is 0 Å². The molecule has 0 aromatic carbocycles. The maximum atomic E-state index is 13.3. The van der Waals surface area contributed by atoms with E-state index in [1.54, 1.807) is 4.90 Å². The highest BCUT2D eigenvalue weighted by Gasteiger charge is 2.62. The Bertz CT molecular complexity index is 996. The predicted octanol–water partition coefficient (Wildman–Crippen LogP) is 3.87. The summed E-state index contributed by atoms with van der Waals surface area (Å²) in [5, 5.41) is 7.50. The number of amides is 2. The third kappa shape index (κ3) is 3.97. The van der Waals surface area contributed by atoms with Crippen LogP contribution in [0.25, 0.3) is 5.70 Å². The van der Waals surface area contributed by atoms with E-state index in [-0.39, 0.29) is 29.6 Å². The number of likely N-dealkylation sites (tertiary alicyclic amines) is 1. The zero-order chi connectivity index (χ0) is 22.8. The molecule has 2 amide bonds. The molecule has 3 saturated carbocycles. The number of rotatable bonds is 4. The Morgan fingerprint density at radius 3 is 2.39 bits per heavy atom. The number of hydrogen-bond acceptors (Lipinski definition) is 4. The summed E-state index contributed by atoms with van der Waals surface area (Å²) in [7, 11) is 0. The highest BCUT2D eigenvalue weighted by molar-refractivity contribution is 5.92. The van der Waals surface area contributed by atoms with Gasteiger partial charge in [0.25, 0.3) is 5.92 Å². The van der Waals surface area contributed by atoms with E-state index < -0.39 is 11.8 Å². The van der Waals surface area contributed by atoms with Crippen LogP contribution in [0.3, 0.4) is 0 Å². The van der Waals surface area contributed by atoms with Crippen molar-refractivity contribution in [3.8, 4) is 0 Å². The van der Waals surface area contributed by atoms with Gasteiger partial charge in [-0.1, -0.05) is 6.08 Å². The summed E-state index contributed by atoms with van der Waals surface area (Å²) in [5.41, 5.74) is 1.43. The number of nitrogens with one attached hydrogen (secondary N) is 1. The second-order valence-corrected chi connectivity index (χ2v) is 10.8. The van der Waals surface area contributed by atoms with Crippen molar-refractivity contribution in [2.24, 2.45) is 23.2 Å². The number of carbonyl (C=O) groups is 2. The number of halogens is 2. The van der Waals surface area contributed by atoms with Gasteiger partial charge >= 0.3 is 0 Å². The largest absolute Gasteiger partial charge is 0.342 e. The molecule has 1 spiro atoms. The molecule has 178 valence electrons. The van der Waals surface area contributed by atoms with Crippen molar-refractivity contribution < 1.29 is 18.4 Å². The van der Waals surface area contributed by atoms with Crippen LogP contribution in [0.2, 0.25) is 0 Å². The van der Waals surface area contributed by atoms with Gasteiger partial charge < -0.3 is 4.90 Å². The molecule has 0 bridgehead atoms. The van der Waals surface area contributed by atoms with Gasteiger partial charge in [0.2, 0.25) is 17.8 Å². The van der Waals surface area contributed by atoms with Crippen molar-refractivity contribution in [3.05, 3.63) is 11.9 Å². The normalized spacial score (nSPS) is 28.2. The molecular formula is C24H31F2N5O2. The molecule has 1 saturated heterocycles. The lowest BCUT2D eigenvalue weighted by atomic mass is 9.65.